The quantitative estimate of drug-likeness (QED) is 0.699. The Kier molecular flexibility index (Phi) is 7.86. The second kappa shape index (κ2) is 9.71. The van der Waals surface area contributed by atoms with Crippen molar-refractivity contribution >= 4 is 16.1 Å². The summed E-state index contributed by atoms with van der Waals surface area (Å²) in [7, 11) is -3.56. The molecule has 0 aliphatic carbocycles. The Morgan fingerprint density at radius 1 is 1.11 bits per heavy atom. The van der Waals surface area contributed by atoms with Gasteiger partial charge in [-0.05, 0) is 52.2 Å². The SMILES string of the molecule is Cc1cc(C)c(S(=O)(=O)N2CCN(C(=O)NCCCOC(C)C)CC2)c(C)c1. The number of sulfonamides is 1. The third-order valence-electron chi connectivity index (χ3n) is 4.78. The number of piperazine rings is 1. The first-order valence-electron chi connectivity index (χ1n) is 9.85. The first kappa shape index (κ1) is 22.6. The minimum Gasteiger partial charge on any atom is -0.379 e. The highest BCUT2D eigenvalue weighted by Crippen LogP contribution is 2.26. The van der Waals surface area contributed by atoms with Crippen LogP contribution in [0, 0.1) is 20.8 Å². The van der Waals surface area contributed by atoms with Crippen molar-refractivity contribution in [2.24, 2.45) is 0 Å². The minimum absolute atomic E-state index is 0.149. The summed E-state index contributed by atoms with van der Waals surface area (Å²) in [5.41, 5.74) is 2.58. The summed E-state index contributed by atoms with van der Waals surface area (Å²) < 4.78 is 33.2. The van der Waals surface area contributed by atoms with E-state index in [-0.39, 0.29) is 12.1 Å². The molecule has 28 heavy (non-hydrogen) atoms. The fraction of sp³-hybridized carbons (Fsp3) is 0.650. The first-order valence-corrected chi connectivity index (χ1v) is 11.3. The first-order chi connectivity index (χ1) is 13.1. The number of amides is 2. The summed E-state index contributed by atoms with van der Waals surface area (Å²) in [6.07, 6.45) is 0.941. The number of urea groups is 1. The van der Waals surface area contributed by atoms with E-state index in [2.05, 4.69) is 5.32 Å². The van der Waals surface area contributed by atoms with Gasteiger partial charge in [-0.15, -0.1) is 0 Å². The number of rotatable bonds is 7. The van der Waals surface area contributed by atoms with Crippen molar-refractivity contribution in [2.75, 3.05) is 39.3 Å². The number of hydrogen-bond donors (Lipinski definition) is 1. The van der Waals surface area contributed by atoms with E-state index in [9.17, 15) is 13.2 Å². The number of aryl methyl sites for hydroxylation is 3. The van der Waals surface area contributed by atoms with E-state index in [1.165, 1.54) is 4.31 Å². The molecule has 2 amide bonds. The van der Waals surface area contributed by atoms with Gasteiger partial charge in [-0.2, -0.15) is 4.31 Å². The molecule has 0 unspecified atom stereocenters. The van der Waals surface area contributed by atoms with E-state index >= 15 is 0 Å². The summed E-state index contributed by atoms with van der Waals surface area (Å²) in [5.74, 6) is 0. The highest BCUT2D eigenvalue weighted by Gasteiger charge is 2.32. The average molecular weight is 412 g/mol. The fourth-order valence-electron chi connectivity index (χ4n) is 3.53. The molecule has 1 saturated heterocycles. The van der Waals surface area contributed by atoms with Crippen LogP contribution in [-0.2, 0) is 14.8 Å². The highest BCUT2D eigenvalue weighted by atomic mass is 32.2. The third kappa shape index (κ3) is 5.68. The molecule has 0 atom stereocenters. The maximum Gasteiger partial charge on any atom is 0.317 e. The third-order valence-corrected chi connectivity index (χ3v) is 6.98. The molecule has 0 saturated carbocycles. The molecule has 1 heterocycles. The van der Waals surface area contributed by atoms with Gasteiger partial charge in [-0.3, -0.25) is 0 Å². The zero-order valence-corrected chi connectivity index (χ0v) is 18.4. The zero-order chi connectivity index (χ0) is 20.9. The Morgan fingerprint density at radius 2 is 1.68 bits per heavy atom. The zero-order valence-electron chi connectivity index (χ0n) is 17.6. The van der Waals surface area contributed by atoms with Gasteiger partial charge in [0, 0.05) is 39.3 Å². The molecule has 0 bridgehead atoms. The van der Waals surface area contributed by atoms with E-state index in [4.69, 9.17) is 4.74 Å². The molecule has 1 aromatic carbocycles. The molecule has 1 aliphatic rings. The number of hydrogen-bond acceptors (Lipinski definition) is 4. The van der Waals surface area contributed by atoms with Crippen molar-refractivity contribution in [3.8, 4) is 0 Å². The Bertz CT molecular complexity index is 762. The van der Waals surface area contributed by atoms with Crippen LogP contribution in [0.5, 0.6) is 0 Å². The van der Waals surface area contributed by atoms with Crippen LogP contribution in [0.15, 0.2) is 17.0 Å². The Labute approximate surface area is 169 Å². The van der Waals surface area contributed by atoms with Crippen LogP contribution in [0.2, 0.25) is 0 Å². The van der Waals surface area contributed by atoms with Crippen molar-refractivity contribution in [1.29, 1.82) is 0 Å². The van der Waals surface area contributed by atoms with Crippen LogP contribution < -0.4 is 5.32 Å². The predicted molar refractivity (Wildman–Crippen MR) is 110 cm³/mol. The summed E-state index contributed by atoms with van der Waals surface area (Å²) in [4.78, 5) is 14.3. The molecule has 2 rings (SSSR count). The molecule has 0 spiro atoms. The van der Waals surface area contributed by atoms with E-state index in [1.807, 2.05) is 46.8 Å². The van der Waals surface area contributed by atoms with E-state index in [0.29, 0.717) is 44.2 Å². The Morgan fingerprint density at radius 3 is 2.21 bits per heavy atom. The van der Waals surface area contributed by atoms with Gasteiger partial charge in [0.25, 0.3) is 0 Å². The van der Waals surface area contributed by atoms with E-state index in [0.717, 1.165) is 23.1 Å². The minimum atomic E-state index is -3.56. The molecule has 0 radical (unpaired) electrons. The molecule has 1 aliphatic heterocycles. The number of benzene rings is 1. The second-order valence-electron chi connectivity index (χ2n) is 7.62. The normalized spacial score (nSPS) is 15.9. The lowest BCUT2D eigenvalue weighted by atomic mass is 10.1. The van der Waals surface area contributed by atoms with Crippen molar-refractivity contribution < 1.29 is 17.9 Å². The standard InChI is InChI=1S/C20H33N3O4S/c1-15(2)27-12-6-7-21-20(24)22-8-10-23(11-9-22)28(25,26)19-17(4)13-16(3)14-18(19)5/h13-15H,6-12H2,1-5H3,(H,21,24). The summed E-state index contributed by atoms with van der Waals surface area (Å²) in [5, 5.41) is 2.87. The van der Waals surface area contributed by atoms with Crippen LogP contribution in [-0.4, -0.2) is 69.1 Å². The van der Waals surface area contributed by atoms with Gasteiger partial charge in [0.2, 0.25) is 10.0 Å². The van der Waals surface area contributed by atoms with Crippen molar-refractivity contribution in [3.63, 3.8) is 0 Å². The van der Waals surface area contributed by atoms with Gasteiger partial charge in [0.15, 0.2) is 0 Å². The number of nitrogens with zero attached hydrogens (tertiary/aromatic N) is 2. The topological polar surface area (TPSA) is 79.0 Å². The van der Waals surface area contributed by atoms with Crippen molar-refractivity contribution in [2.45, 2.75) is 52.0 Å². The van der Waals surface area contributed by atoms with Gasteiger partial charge in [0.05, 0.1) is 11.0 Å². The van der Waals surface area contributed by atoms with Gasteiger partial charge >= 0.3 is 6.03 Å². The monoisotopic (exact) mass is 411 g/mol. The number of ether oxygens (including phenoxy) is 1. The maximum atomic E-state index is 13.1. The largest absolute Gasteiger partial charge is 0.379 e. The van der Waals surface area contributed by atoms with Crippen LogP contribution in [0.1, 0.15) is 37.0 Å². The Hall–Kier alpha value is -1.64. The lowest BCUT2D eigenvalue weighted by molar-refractivity contribution is 0.0770. The van der Waals surface area contributed by atoms with Crippen LogP contribution in [0.3, 0.4) is 0 Å². The van der Waals surface area contributed by atoms with Crippen molar-refractivity contribution in [3.05, 3.63) is 28.8 Å². The van der Waals surface area contributed by atoms with Crippen molar-refractivity contribution in [1.82, 2.24) is 14.5 Å². The summed E-state index contributed by atoms with van der Waals surface area (Å²) >= 11 is 0. The maximum absolute atomic E-state index is 13.1. The molecule has 7 nitrogen and oxygen atoms in total. The number of nitrogens with one attached hydrogen (secondary N) is 1. The van der Waals surface area contributed by atoms with Gasteiger partial charge in [-0.1, -0.05) is 17.7 Å². The molecule has 1 fully saturated rings. The molecular weight excluding hydrogens is 378 g/mol. The number of carbonyl (C=O) groups is 1. The molecular formula is C20H33N3O4S. The highest BCUT2D eigenvalue weighted by molar-refractivity contribution is 7.89. The molecule has 0 aromatic heterocycles. The van der Waals surface area contributed by atoms with Crippen LogP contribution >= 0.6 is 0 Å². The van der Waals surface area contributed by atoms with E-state index in [1.54, 1.807) is 4.90 Å². The summed E-state index contributed by atoms with van der Waals surface area (Å²) in [6, 6.07) is 3.64. The van der Waals surface area contributed by atoms with Crippen LogP contribution in [0.25, 0.3) is 0 Å². The molecule has 1 N–H and O–H groups in total. The Balaban J connectivity index is 1.90. The predicted octanol–water partition coefficient (Wildman–Crippen LogP) is 2.44. The molecule has 1 aromatic rings. The van der Waals surface area contributed by atoms with E-state index < -0.39 is 10.0 Å². The summed E-state index contributed by atoms with van der Waals surface area (Å²) in [6.45, 7) is 12.1. The average Bonchev–Trinajstić information content (AvgIpc) is 2.60. The van der Waals surface area contributed by atoms with Crippen LogP contribution in [0.4, 0.5) is 4.79 Å². The number of carbonyl (C=O) groups excluding carboxylic acids is 1. The lowest BCUT2D eigenvalue weighted by Crippen LogP contribution is -2.53. The second-order valence-corrected chi connectivity index (χ2v) is 9.50. The molecule has 158 valence electrons. The molecule has 8 heteroatoms. The van der Waals surface area contributed by atoms with Gasteiger partial charge < -0.3 is 15.0 Å². The smallest absolute Gasteiger partial charge is 0.317 e. The van der Waals surface area contributed by atoms with Gasteiger partial charge in [0.1, 0.15) is 0 Å². The lowest BCUT2D eigenvalue weighted by Gasteiger charge is -2.34. The fourth-order valence-corrected chi connectivity index (χ4v) is 5.37. The van der Waals surface area contributed by atoms with Gasteiger partial charge in [-0.25, -0.2) is 13.2 Å².